The van der Waals surface area contributed by atoms with Crippen molar-refractivity contribution < 1.29 is 0 Å². The van der Waals surface area contributed by atoms with E-state index in [2.05, 4.69) is 331 Å². The Kier molecular flexibility index (Phi) is 12.0. The Morgan fingerprint density at radius 3 is 1.07 bits per heavy atom. The minimum atomic E-state index is 0.0774. The van der Waals surface area contributed by atoms with E-state index in [0.29, 0.717) is 0 Å². The summed E-state index contributed by atoms with van der Waals surface area (Å²) < 4.78 is 2.45. The fourth-order valence-electron chi connectivity index (χ4n) is 12.6. The fraction of sp³-hybridized carbons (Fsp3) is 0.0127. The summed E-state index contributed by atoms with van der Waals surface area (Å²) in [6, 6.07) is 118. The second-order valence-corrected chi connectivity index (χ2v) is 21.2. The molecule has 0 aliphatic heterocycles. The molecule has 81 heavy (non-hydrogen) atoms. The van der Waals surface area contributed by atoms with Gasteiger partial charge in [-0.15, -0.1) is 0 Å². The molecule has 1 aliphatic rings. The smallest absolute Gasteiger partial charge is 0.0541 e. The van der Waals surface area contributed by atoms with Crippen LogP contribution in [0.4, 0.5) is 17.1 Å². The topological polar surface area (TPSA) is 8.17 Å². The summed E-state index contributed by atoms with van der Waals surface area (Å²) in [4.78, 5) is 2.37. The lowest BCUT2D eigenvalue weighted by Crippen LogP contribution is -2.09. The van der Waals surface area contributed by atoms with Gasteiger partial charge in [-0.1, -0.05) is 237 Å². The van der Waals surface area contributed by atoms with Gasteiger partial charge >= 0.3 is 0 Å². The maximum Gasteiger partial charge on any atom is 0.0541 e. The van der Waals surface area contributed by atoms with Crippen molar-refractivity contribution in [3.63, 3.8) is 0 Å². The molecule has 1 aliphatic carbocycles. The molecule has 0 spiro atoms. The zero-order valence-electron chi connectivity index (χ0n) is 44.6. The standard InChI is InChI=1S/C79H54N2/c1-6-18-54(19-7-1)58-30-40-66(41-31-58)80(67-42-32-59(33-43-67)55-20-8-2-9-21-55)68-44-34-60(35-45-68)65-52-72(79-75(53-65)70-28-16-17-29-71(70)78(79)62-26-14-5-15-27-62)61-36-46-69(47-37-61)81-76-48-38-63(56-22-10-3-11-23-56)50-73(76)74-51-64(39-49-77(74)81)57-24-12-4-13-25-57/h1-53,78H. The van der Waals surface area contributed by atoms with Gasteiger partial charge in [0.2, 0.25) is 0 Å². The Morgan fingerprint density at radius 2 is 0.605 bits per heavy atom. The monoisotopic (exact) mass is 1030 g/mol. The molecule has 2 heteroatoms. The van der Waals surface area contributed by atoms with Gasteiger partial charge in [-0.3, -0.25) is 0 Å². The van der Waals surface area contributed by atoms with Gasteiger partial charge in [0, 0.05) is 39.4 Å². The quantitative estimate of drug-likeness (QED) is 0.125. The molecule has 380 valence electrons. The summed E-state index contributed by atoms with van der Waals surface area (Å²) >= 11 is 0. The third kappa shape index (κ3) is 8.71. The average Bonchev–Trinajstić information content (AvgIpc) is 4.30. The average molecular weight is 1030 g/mol. The predicted molar refractivity (Wildman–Crippen MR) is 341 cm³/mol. The van der Waals surface area contributed by atoms with Crippen LogP contribution in [0.25, 0.3) is 105 Å². The van der Waals surface area contributed by atoms with E-state index in [9.17, 15) is 0 Å². The zero-order valence-corrected chi connectivity index (χ0v) is 44.6. The second-order valence-electron chi connectivity index (χ2n) is 21.2. The van der Waals surface area contributed by atoms with Crippen molar-refractivity contribution in [3.05, 3.63) is 338 Å². The van der Waals surface area contributed by atoms with E-state index < -0.39 is 0 Å². The molecule has 1 atom stereocenters. The molecule has 1 heterocycles. The predicted octanol–water partition coefficient (Wildman–Crippen LogP) is 21.4. The molecule has 0 bridgehead atoms. The first-order valence-electron chi connectivity index (χ1n) is 28.0. The second kappa shape index (κ2) is 20.4. The van der Waals surface area contributed by atoms with Crippen LogP contribution in [0, 0.1) is 0 Å². The van der Waals surface area contributed by atoms with Crippen LogP contribution >= 0.6 is 0 Å². The molecule has 0 N–H and O–H groups in total. The number of benzene rings is 13. The van der Waals surface area contributed by atoms with E-state index in [1.54, 1.807) is 0 Å². The van der Waals surface area contributed by atoms with Crippen molar-refractivity contribution in [3.8, 4) is 83.6 Å². The van der Waals surface area contributed by atoms with Crippen LogP contribution in [-0.4, -0.2) is 4.57 Å². The maximum atomic E-state index is 2.45. The summed E-state index contributed by atoms with van der Waals surface area (Å²) in [5.74, 6) is 0.0774. The van der Waals surface area contributed by atoms with E-state index in [0.717, 1.165) is 28.3 Å². The Bertz CT molecular complexity index is 4370. The lowest BCUT2D eigenvalue weighted by Gasteiger charge is -2.26. The first-order valence-corrected chi connectivity index (χ1v) is 28.0. The van der Waals surface area contributed by atoms with Gasteiger partial charge in [0.05, 0.1) is 11.0 Å². The van der Waals surface area contributed by atoms with E-state index in [-0.39, 0.29) is 5.92 Å². The molecule has 0 saturated carbocycles. The summed E-state index contributed by atoms with van der Waals surface area (Å²) in [5, 5.41) is 2.47. The van der Waals surface area contributed by atoms with E-state index in [1.165, 1.54) is 111 Å². The molecule has 1 aromatic heterocycles. The number of rotatable bonds is 11. The number of hydrogen-bond acceptors (Lipinski definition) is 1. The van der Waals surface area contributed by atoms with Crippen LogP contribution in [0.15, 0.2) is 322 Å². The van der Waals surface area contributed by atoms with E-state index in [4.69, 9.17) is 0 Å². The van der Waals surface area contributed by atoms with Gasteiger partial charge in [0.15, 0.2) is 0 Å². The van der Waals surface area contributed by atoms with Gasteiger partial charge in [-0.05, 0) is 180 Å². The highest BCUT2D eigenvalue weighted by Gasteiger charge is 2.33. The summed E-state index contributed by atoms with van der Waals surface area (Å²) in [5.41, 5.74) is 27.7. The maximum absolute atomic E-state index is 2.45. The van der Waals surface area contributed by atoms with Crippen molar-refractivity contribution in [2.24, 2.45) is 0 Å². The molecule has 1 unspecified atom stereocenters. The van der Waals surface area contributed by atoms with Crippen LogP contribution < -0.4 is 4.90 Å². The van der Waals surface area contributed by atoms with E-state index in [1.807, 2.05) is 0 Å². The van der Waals surface area contributed by atoms with Crippen molar-refractivity contribution in [1.29, 1.82) is 0 Å². The van der Waals surface area contributed by atoms with Crippen LogP contribution in [0.5, 0.6) is 0 Å². The molecular formula is C79H54N2. The van der Waals surface area contributed by atoms with Crippen molar-refractivity contribution >= 4 is 38.9 Å². The first-order chi connectivity index (χ1) is 40.2. The number of anilines is 3. The molecule has 0 saturated heterocycles. The van der Waals surface area contributed by atoms with Crippen LogP contribution in [-0.2, 0) is 0 Å². The van der Waals surface area contributed by atoms with Gasteiger partial charge in [-0.2, -0.15) is 0 Å². The molecule has 0 amide bonds. The molecule has 13 aromatic carbocycles. The molecule has 2 nitrogen and oxygen atoms in total. The number of hydrogen-bond donors (Lipinski definition) is 0. The highest BCUT2D eigenvalue weighted by molar-refractivity contribution is 6.12. The minimum Gasteiger partial charge on any atom is -0.311 e. The Hall–Kier alpha value is -10.5. The van der Waals surface area contributed by atoms with Gasteiger partial charge in [-0.25, -0.2) is 0 Å². The van der Waals surface area contributed by atoms with Gasteiger partial charge in [0.25, 0.3) is 0 Å². The fourth-order valence-corrected chi connectivity index (χ4v) is 12.6. The molecule has 14 aromatic rings. The van der Waals surface area contributed by atoms with Crippen molar-refractivity contribution in [2.45, 2.75) is 5.92 Å². The Morgan fingerprint density at radius 1 is 0.247 bits per heavy atom. The molecular weight excluding hydrogens is 977 g/mol. The zero-order chi connectivity index (χ0) is 53.6. The SMILES string of the molecule is c1ccc(-c2ccc(N(c3ccc(-c4ccccc4)cc3)c3ccc(-c4cc(-c5ccc(-n6c7ccc(-c8ccccc8)cc7c7cc(-c8ccccc8)ccc76)cc5)c5c(c4)-c4ccccc4C5c4ccccc4)cc3)cc2)cc1. The normalized spacial score (nSPS) is 12.6. The van der Waals surface area contributed by atoms with Gasteiger partial charge in [0.1, 0.15) is 0 Å². The third-order valence-corrected chi connectivity index (χ3v) is 16.5. The van der Waals surface area contributed by atoms with Crippen LogP contribution in [0.3, 0.4) is 0 Å². The molecule has 0 radical (unpaired) electrons. The number of aromatic nitrogens is 1. The lowest BCUT2D eigenvalue weighted by atomic mass is 9.83. The molecule has 15 rings (SSSR count). The highest BCUT2D eigenvalue weighted by atomic mass is 15.1. The Balaban J connectivity index is 0.853. The van der Waals surface area contributed by atoms with Crippen LogP contribution in [0.2, 0.25) is 0 Å². The third-order valence-electron chi connectivity index (χ3n) is 16.5. The molecule has 0 fully saturated rings. The van der Waals surface area contributed by atoms with Gasteiger partial charge < -0.3 is 9.47 Å². The van der Waals surface area contributed by atoms with E-state index >= 15 is 0 Å². The lowest BCUT2D eigenvalue weighted by molar-refractivity contribution is 1.02. The van der Waals surface area contributed by atoms with Crippen molar-refractivity contribution in [1.82, 2.24) is 4.57 Å². The number of fused-ring (bicyclic) bond motifs is 6. The minimum absolute atomic E-state index is 0.0774. The summed E-state index contributed by atoms with van der Waals surface area (Å²) in [6.07, 6.45) is 0. The summed E-state index contributed by atoms with van der Waals surface area (Å²) in [7, 11) is 0. The van der Waals surface area contributed by atoms with Crippen LogP contribution in [0.1, 0.15) is 22.6 Å². The Labute approximate surface area is 473 Å². The number of nitrogens with zero attached hydrogens (tertiary/aromatic N) is 2. The first kappa shape index (κ1) is 47.7. The highest BCUT2D eigenvalue weighted by Crippen LogP contribution is 2.53. The summed E-state index contributed by atoms with van der Waals surface area (Å²) in [6.45, 7) is 0. The van der Waals surface area contributed by atoms with Crippen molar-refractivity contribution in [2.75, 3.05) is 4.90 Å². The largest absolute Gasteiger partial charge is 0.311 e.